The molecule has 0 bridgehead atoms. The average Bonchev–Trinajstić information content (AvgIpc) is 2.17. The zero-order valence-corrected chi connectivity index (χ0v) is 8.65. The molecule has 14 heavy (non-hydrogen) atoms. The summed E-state index contributed by atoms with van der Waals surface area (Å²) in [7, 11) is 1.57. The van der Waals surface area contributed by atoms with E-state index in [1.165, 1.54) is 0 Å². The third-order valence-corrected chi connectivity index (χ3v) is 1.70. The van der Waals surface area contributed by atoms with Gasteiger partial charge in [0.15, 0.2) is 11.5 Å². The lowest BCUT2D eigenvalue weighted by atomic mass is 10.2. The van der Waals surface area contributed by atoms with Crippen LogP contribution in [0.3, 0.4) is 0 Å². The van der Waals surface area contributed by atoms with Crippen LogP contribution in [0.5, 0.6) is 11.5 Å². The molecular weight excluding hydrogens is 180 g/mol. The third-order valence-electron chi connectivity index (χ3n) is 1.70. The van der Waals surface area contributed by atoms with Gasteiger partial charge in [-0.25, -0.2) is 0 Å². The SMILES string of the molecule is COc1cc([CH]O)ccc1OC(C)C. The van der Waals surface area contributed by atoms with Crippen molar-refractivity contribution in [3.63, 3.8) is 0 Å². The Labute approximate surface area is 84.3 Å². The van der Waals surface area contributed by atoms with E-state index in [9.17, 15) is 0 Å². The fraction of sp³-hybridized carbons (Fsp3) is 0.364. The smallest absolute Gasteiger partial charge is 0.161 e. The molecule has 0 saturated carbocycles. The van der Waals surface area contributed by atoms with Crippen LogP contribution in [-0.2, 0) is 0 Å². The molecule has 0 fully saturated rings. The molecule has 1 N–H and O–H groups in total. The van der Waals surface area contributed by atoms with Gasteiger partial charge in [-0.3, -0.25) is 0 Å². The van der Waals surface area contributed by atoms with E-state index < -0.39 is 0 Å². The van der Waals surface area contributed by atoms with Gasteiger partial charge in [-0.1, -0.05) is 6.07 Å². The summed E-state index contributed by atoms with van der Waals surface area (Å²) < 4.78 is 10.6. The molecule has 0 atom stereocenters. The van der Waals surface area contributed by atoms with E-state index >= 15 is 0 Å². The number of ether oxygens (including phenoxy) is 2. The van der Waals surface area contributed by atoms with E-state index in [2.05, 4.69) is 0 Å². The zero-order chi connectivity index (χ0) is 10.6. The number of hydrogen-bond acceptors (Lipinski definition) is 3. The minimum Gasteiger partial charge on any atom is -0.493 e. The van der Waals surface area contributed by atoms with Gasteiger partial charge in [-0.2, -0.15) is 0 Å². The molecule has 3 nitrogen and oxygen atoms in total. The first-order chi connectivity index (χ1) is 6.67. The summed E-state index contributed by atoms with van der Waals surface area (Å²) in [6.07, 6.45) is 0.104. The fourth-order valence-corrected chi connectivity index (χ4v) is 1.12. The van der Waals surface area contributed by atoms with Crippen molar-refractivity contribution in [2.75, 3.05) is 7.11 Å². The lowest BCUT2D eigenvalue weighted by molar-refractivity contribution is 0.230. The normalized spacial score (nSPS) is 10.4. The summed E-state index contributed by atoms with van der Waals surface area (Å²) in [5, 5.41) is 8.81. The van der Waals surface area contributed by atoms with Gasteiger partial charge in [0.1, 0.15) is 6.61 Å². The summed E-state index contributed by atoms with van der Waals surface area (Å²) >= 11 is 0. The second-order valence-corrected chi connectivity index (χ2v) is 3.21. The fourth-order valence-electron chi connectivity index (χ4n) is 1.12. The highest BCUT2D eigenvalue weighted by atomic mass is 16.5. The second kappa shape index (κ2) is 4.86. The van der Waals surface area contributed by atoms with Gasteiger partial charge < -0.3 is 14.6 Å². The summed E-state index contributed by atoms with van der Waals surface area (Å²) in [6, 6.07) is 5.26. The Kier molecular flexibility index (Phi) is 3.77. The summed E-state index contributed by atoms with van der Waals surface area (Å²) in [4.78, 5) is 0. The monoisotopic (exact) mass is 195 g/mol. The van der Waals surface area contributed by atoms with Crippen molar-refractivity contribution in [1.29, 1.82) is 0 Å². The molecular formula is C11H15O3. The Balaban J connectivity index is 2.93. The maximum Gasteiger partial charge on any atom is 0.161 e. The largest absolute Gasteiger partial charge is 0.493 e. The Morgan fingerprint density at radius 1 is 1.29 bits per heavy atom. The van der Waals surface area contributed by atoms with E-state index in [1.54, 1.807) is 25.3 Å². The van der Waals surface area contributed by atoms with Crippen molar-refractivity contribution in [2.45, 2.75) is 20.0 Å². The zero-order valence-electron chi connectivity index (χ0n) is 8.65. The van der Waals surface area contributed by atoms with Gasteiger partial charge in [-0.15, -0.1) is 0 Å². The molecule has 0 unspecified atom stereocenters. The van der Waals surface area contributed by atoms with E-state index in [0.29, 0.717) is 17.1 Å². The van der Waals surface area contributed by atoms with Crippen molar-refractivity contribution >= 4 is 0 Å². The molecule has 1 radical (unpaired) electrons. The molecule has 0 heterocycles. The van der Waals surface area contributed by atoms with E-state index in [0.717, 1.165) is 6.61 Å². The molecule has 77 valence electrons. The molecule has 1 rings (SSSR count). The van der Waals surface area contributed by atoms with Crippen LogP contribution in [0, 0.1) is 6.61 Å². The van der Waals surface area contributed by atoms with Crippen LogP contribution in [0.25, 0.3) is 0 Å². The quantitative estimate of drug-likeness (QED) is 0.801. The number of methoxy groups -OCH3 is 1. The van der Waals surface area contributed by atoms with Gasteiger partial charge in [0, 0.05) is 0 Å². The number of rotatable bonds is 4. The van der Waals surface area contributed by atoms with Crippen molar-refractivity contribution < 1.29 is 14.6 Å². The first-order valence-corrected chi connectivity index (χ1v) is 4.49. The third kappa shape index (κ3) is 2.64. The Morgan fingerprint density at radius 2 is 2.00 bits per heavy atom. The molecule has 0 aliphatic carbocycles. The second-order valence-electron chi connectivity index (χ2n) is 3.21. The Morgan fingerprint density at radius 3 is 2.50 bits per heavy atom. The lowest BCUT2D eigenvalue weighted by Crippen LogP contribution is -2.06. The van der Waals surface area contributed by atoms with Crippen molar-refractivity contribution in [3.05, 3.63) is 30.4 Å². The first kappa shape index (κ1) is 10.9. The Bertz CT molecular complexity index is 295. The number of hydrogen-bond donors (Lipinski definition) is 1. The first-order valence-electron chi connectivity index (χ1n) is 4.49. The van der Waals surface area contributed by atoms with Crippen LogP contribution in [0.2, 0.25) is 0 Å². The molecule has 0 aliphatic heterocycles. The van der Waals surface area contributed by atoms with Gasteiger partial charge in [0.2, 0.25) is 0 Å². The van der Waals surface area contributed by atoms with Gasteiger partial charge in [0.25, 0.3) is 0 Å². The van der Waals surface area contributed by atoms with Crippen LogP contribution in [-0.4, -0.2) is 18.3 Å². The highest BCUT2D eigenvalue weighted by molar-refractivity contribution is 5.44. The molecule has 3 heteroatoms. The molecule has 0 saturated heterocycles. The maximum atomic E-state index is 8.81. The lowest BCUT2D eigenvalue weighted by Gasteiger charge is -2.13. The molecule has 1 aromatic carbocycles. The molecule has 0 aromatic heterocycles. The van der Waals surface area contributed by atoms with Crippen LogP contribution in [0.1, 0.15) is 19.4 Å². The molecule has 0 spiro atoms. The highest BCUT2D eigenvalue weighted by Crippen LogP contribution is 2.29. The van der Waals surface area contributed by atoms with E-state index in [-0.39, 0.29) is 6.10 Å². The minimum absolute atomic E-state index is 0.104. The number of aliphatic hydroxyl groups excluding tert-OH is 1. The van der Waals surface area contributed by atoms with Crippen LogP contribution in [0.4, 0.5) is 0 Å². The van der Waals surface area contributed by atoms with Crippen LogP contribution < -0.4 is 9.47 Å². The van der Waals surface area contributed by atoms with Gasteiger partial charge >= 0.3 is 0 Å². The topological polar surface area (TPSA) is 38.7 Å². The van der Waals surface area contributed by atoms with Crippen LogP contribution in [0.15, 0.2) is 18.2 Å². The van der Waals surface area contributed by atoms with Gasteiger partial charge in [-0.05, 0) is 31.5 Å². The Hall–Kier alpha value is -1.22. The van der Waals surface area contributed by atoms with Gasteiger partial charge in [0.05, 0.1) is 13.2 Å². The maximum absolute atomic E-state index is 8.81. The summed E-state index contributed by atoms with van der Waals surface area (Å²) in [5.74, 6) is 1.31. The van der Waals surface area contributed by atoms with E-state index in [1.807, 2.05) is 13.8 Å². The number of benzene rings is 1. The van der Waals surface area contributed by atoms with Crippen molar-refractivity contribution in [3.8, 4) is 11.5 Å². The average molecular weight is 195 g/mol. The summed E-state index contributed by atoms with van der Waals surface area (Å²) in [6.45, 7) is 4.93. The van der Waals surface area contributed by atoms with Crippen LogP contribution >= 0.6 is 0 Å². The van der Waals surface area contributed by atoms with Crippen molar-refractivity contribution in [1.82, 2.24) is 0 Å². The minimum atomic E-state index is 0.104. The van der Waals surface area contributed by atoms with Crippen molar-refractivity contribution in [2.24, 2.45) is 0 Å². The molecule has 1 aromatic rings. The van der Waals surface area contributed by atoms with E-state index in [4.69, 9.17) is 14.6 Å². The molecule has 0 amide bonds. The summed E-state index contributed by atoms with van der Waals surface area (Å²) in [5.41, 5.74) is 0.693. The standard InChI is InChI=1S/C11H15O3/c1-8(2)14-10-5-4-9(7-12)6-11(10)13-3/h4-8,12H,1-3H3. The predicted molar refractivity (Wildman–Crippen MR) is 54.1 cm³/mol. The number of aliphatic hydroxyl groups is 1. The molecule has 0 aliphatic rings. The predicted octanol–water partition coefficient (Wildman–Crippen LogP) is 2.36. The highest BCUT2D eigenvalue weighted by Gasteiger charge is 2.06.